The van der Waals surface area contributed by atoms with E-state index in [1.165, 1.54) is 12.1 Å². The van der Waals surface area contributed by atoms with Gasteiger partial charge in [-0.2, -0.15) is 0 Å². The number of amides is 1. The van der Waals surface area contributed by atoms with Gasteiger partial charge in [0, 0.05) is 25.4 Å². The Kier molecular flexibility index (Phi) is 5.38. The molecule has 32 heavy (non-hydrogen) atoms. The molecule has 2 aromatic heterocycles. The van der Waals surface area contributed by atoms with Crippen molar-refractivity contribution in [2.75, 3.05) is 13.1 Å². The number of fused-ring (bicyclic) bond motifs is 1. The number of hydrogen-bond acceptors (Lipinski definition) is 6. The van der Waals surface area contributed by atoms with E-state index in [1.54, 1.807) is 23.7 Å². The van der Waals surface area contributed by atoms with Crippen molar-refractivity contribution in [3.05, 3.63) is 71.6 Å². The summed E-state index contributed by atoms with van der Waals surface area (Å²) in [5, 5.41) is 11.7. The van der Waals surface area contributed by atoms with Gasteiger partial charge < -0.3 is 9.32 Å². The molecule has 1 aliphatic heterocycles. The summed E-state index contributed by atoms with van der Waals surface area (Å²) in [6, 6.07) is 13.3. The van der Waals surface area contributed by atoms with Crippen LogP contribution in [0.1, 0.15) is 42.1 Å². The molecule has 0 aliphatic carbocycles. The molecule has 0 radical (unpaired) electrons. The Morgan fingerprint density at radius 1 is 1.16 bits per heavy atom. The Labute approximate surface area is 184 Å². The number of rotatable bonds is 5. The third kappa shape index (κ3) is 3.98. The van der Waals surface area contributed by atoms with Gasteiger partial charge >= 0.3 is 0 Å². The predicted molar refractivity (Wildman–Crippen MR) is 114 cm³/mol. The third-order valence-corrected chi connectivity index (χ3v) is 6.05. The van der Waals surface area contributed by atoms with Gasteiger partial charge in [-0.1, -0.05) is 24.3 Å². The summed E-state index contributed by atoms with van der Waals surface area (Å²) < 4.78 is 20.8. The molecule has 1 atom stereocenters. The van der Waals surface area contributed by atoms with E-state index >= 15 is 0 Å². The minimum absolute atomic E-state index is 0.0410. The minimum atomic E-state index is -0.587. The molecule has 164 valence electrons. The second kappa shape index (κ2) is 8.49. The number of oxazole rings is 1. The predicted octanol–water partition coefficient (Wildman–Crippen LogP) is 3.45. The van der Waals surface area contributed by atoms with Gasteiger partial charge in [0.2, 0.25) is 5.91 Å². The Morgan fingerprint density at radius 3 is 2.59 bits per heavy atom. The number of aryl methyl sites for hydroxylation is 1. The van der Waals surface area contributed by atoms with Gasteiger partial charge in [-0.3, -0.25) is 4.79 Å². The van der Waals surface area contributed by atoms with Gasteiger partial charge in [-0.25, -0.2) is 14.1 Å². The summed E-state index contributed by atoms with van der Waals surface area (Å²) in [6.45, 7) is 2.97. The van der Waals surface area contributed by atoms with Crippen molar-refractivity contribution in [1.29, 1.82) is 0 Å². The average molecular weight is 434 g/mol. The first-order valence-electron chi connectivity index (χ1n) is 10.7. The largest absolute Gasteiger partial charge is 0.440 e. The van der Waals surface area contributed by atoms with Gasteiger partial charge in [-0.15, -0.1) is 5.10 Å². The van der Waals surface area contributed by atoms with Crippen LogP contribution in [0.5, 0.6) is 0 Å². The Bertz CT molecular complexity index is 1190. The number of carbonyl (C=O) groups is 1. The van der Waals surface area contributed by atoms with Crippen molar-refractivity contribution in [3.8, 4) is 0 Å². The molecule has 0 spiro atoms. The van der Waals surface area contributed by atoms with E-state index in [0.29, 0.717) is 25.3 Å². The van der Waals surface area contributed by atoms with Crippen LogP contribution < -0.4 is 0 Å². The van der Waals surface area contributed by atoms with Crippen LogP contribution in [0.25, 0.3) is 11.1 Å². The summed E-state index contributed by atoms with van der Waals surface area (Å²) in [5.74, 6) is 1.12. The van der Waals surface area contributed by atoms with Crippen LogP contribution in [0.3, 0.4) is 0 Å². The van der Waals surface area contributed by atoms with Crippen molar-refractivity contribution >= 4 is 17.0 Å². The van der Waals surface area contributed by atoms with E-state index in [1.807, 2.05) is 29.2 Å². The topological polar surface area (TPSA) is 89.9 Å². The number of likely N-dealkylation sites (tertiary alicyclic amines) is 1. The second-order valence-electron chi connectivity index (χ2n) is 8.14. The Morgan fingerprint density at radius 2 is 1.91 bits per heavy atom. The lowest BCUT2D eigenvalue weighted by atomic mass is 9.95. The molecule has 8 nitrogen and oxygen atoms in total. The van der Waals surface area contributed by atoms with Crippen LogP contribution >= 0.6 is 0 Å². The summed E-state index contributed by atoms with van der Waals surface area (Å²) in [5.41, 5.74) is 2.49. The van der Waals surface area contributed by atoms with Gasteiger partial charge in [0.1, 0.15) is 23.2 Å². The zero-order chi connectivity index (χ0) is 22.1. The van der Waals surface area contributed by atoms with Gasteiger partial charge in [0.25, 0.3) is 0 Å². The lowest BCUT2D eigenvalue weighted by Gasteiger charge is -2.33. The highest BCUT2D eigenvalue weighted by molar-refractivity contribution is 5.81. The molecule has 0 bridgehead atoms. The average Bonchev–Trinajstić information content (AvgIpc) is 3.44. The van der Waals surface area contributed by atoms with Crippen molar-refractivity contribution in [2.24, 2.45) is 0 Å². The first-order valence-corrected chi connectivity index (χ1v) is 10.7. The molecule has 5 rings (SSSR count). The van der Waals surface area contributed by atoms with Gasteiger partial charge in [0.05, 0.1) is 0 Å². The summed E-state index contributed by atoms with van der Waals surface area (Å²) in [7, 11) is 0. The van der Waals surface area contributed by atoms with Crippen LogP contribution in [0.4, 0.5) is 4.39 Å². The summed E-state index contributed by atoms with van der Waals surface area (Å²) in [4.78, 5) is 20.0. The molecule has 1 saturated heterocycles. The second-order valence-corrected chi connectivity index (χ2v) is 8.14. The van der Waals surface area contributed by atoms with Gasteiger partial charge in [0.15, 0.2) is 11.5 Å². The number of para-hydroxylation sites is 2. The summed E-state index contributed by atoms with van der Waals surface area (Å²) >= 11 is 0. The monoisotopic (exact) mass is 434 g/mol. The number of aromatic nitrogens is 5. The maximum atomic E-state index is 13.5. The van der Waals surface area contributed by atoms with E-state index in [2.05, 4.69) is 20.5 Å². The molecule has 1 fully saturated rings. The maximum absolute atomic E-state index is 13.5. The summed E-state index contributed by atoms with van der Waals surface area (Å²) in [6.07, 6.45) is 1.93. The van der Waals surface area contributed by atoms with E-state index in [0.717, 1.165) is 35.4 Å². The number of benzene rings is 2. The van der Waals surface area contributed by atoms with Crippen LogP contribution in [-0.2, 0) is 11.2 Å². The van der Waals surface area contributed by atoms with Crippen LogP contribution in [0, 0.1) is 12.7 Å². The highest BCUT2D eigenvalue weighted by atomic mass is 19.1. The number of tetrazole rings is 1. The molecular weight excluding hydrogens is 411 g/mol. The van der Waals surface area contributed by atoms with E-state index in [-0.39, 0.29) is 17.6 Å². The number of carbonyl (C=O) groups excluding carboxylic acids is 1. The van der Waals surface area contributed by atoms with Crippen molar-refractivity contribution in [3.63, 3.8) is 0 Å². The number of nitrogens with zero attached hydrogens (tertiary/aromatic N) is 6. The molecule has 1 unspecified atom stereocenters. The number of halogens is 1. The lowest BCUT2D eigenvalue weighted by molar-refractivity contribution is -0.136. The fourth-order valence-electron chi connectivity index (χ4n) is 4.27. The number of piperidine rings is 1. The van der Waals surface area contributed by atoms with Crippen molar-refractivity contribution in [1.82, 2.24) is 30.1 Å². The molecule has 1 amide bonds. The fraction of sp³-hybridized carbons (Fsp3) is 0.348. The molecule has 2 aromatic carbocycles. The molecular formula is C23H23FN6O2. The molecule has 4 aromatic rings. The third-order valence-electron chi connectivity index (χ3n) is 6.05. The highest BCUT2D eigenvalue weighted by Gasteiger charge is 2.33. The molecule has 1 aliphatic rings. The van der Waals surface area contributed by atoms with E-state index < -0.39 is 6.04 Å². The SMILES string of the molecule is Cc1nnnn1C(Cc1ccc(F)cc1)C(=O)N1CCC(c2nc3ccccc3o2)CC1. The fourth-order valence-corrected chi connectivity index (χ4v) is 4.27. The van der Waals surface area contributed by atoms with Crippen LogP contribution in [0.15, 0.2) is 52.9 Å². The Hall–Kier alpha value is -3.62. The number of hydrogen-bond donors (Lipinski definition) is 0. The molecule has 3 heterocycles. The zero-order valence-electron chi connectivity index (χ0n) is 17.7. The quantitative estimate of drug-likeness (QED) is 0.478. The van der Waals surface area contributed by atoms with Crippen LogP contribution in [0.2, 0.25) is 0 Å². The highest BCUT2D eigenvalue weighted by Crippen LogP contribution is 2.31. The van der Waals surface area contributed by atoms with E-state index in [4.69, 9.17) is 4.42 Å². The van der Waals surface area contributed by atoms with Crippen LogP contribution in [-0.4, -0.2) is 49.1 Å². The standard InChI is InChI=1S/C23H23FN6O2/c1-15-26-27-28-30(15)20(14-16-6-8-18(24)9-7-16)23(31)29-12-10-17(11-13-29)22-25-19-4-2-3-5-21(19)32-22/h2-9,17,20H,10-14H2,1H3. The first-order chi connectivity index (χ1) is 15.6. The van der Waals surface area contributed by atoms with E-state index in [9.17, 15) is 9.18 Å². The lowest BCUT2D eigenvalue weighted by Crippen LogP contribution is -2.43. The first kappa shape index (κ1) is 20.3. The van der Waals surface area contributed by atoms with Gasteiger partial charge in [-0.05, 0) is 60.0 Å². The normalized spacial score (nSPS) is 15.9. The maximum Gasteiger partial charge on any atom is 0.247 e. The molecule has 9 heteroatoms. The smallest absolute Gasteiger partial charge is 0.247 e. The molecule has 0 saturated carbocycles. The Balaban J connectivity index is 1.31. The van der Waals surface area contributed by atoms with Crippen molar-refractivity contribution < 1.29 is 13.6 Å². The minimum Gasteiger partial charge on any atom is -0.440 e. The van der Waals surface area contributed by atoms with Crippen molar-refractivity contribution in [2.45, 2.75) is 38.1 Å². The molecule has 0 N–H and O–H groups in total. The zero-order valence-corrected chi connectivity index (χ0v) is 17.7.